The summed E-state index contributed by atoms with van der Waals surface area (Å²) in [7, 11) is 0. The van der Waals surface area contributed by atoms with E-state index >= 15 is 0 Å². The molecule has 8 heteroatoms. The lowest BCUT2D eigenvalue weighted by Crippen LogP contribution is -2.53. The van der Waals surface area contributed by atoms with Crippen LogP contribution in [-0.4, -0.2) is 70.9 Å². The van der Waals surface area contributed by atoms with Crippen LogP contribution < -0.4 is 4.90 Å². The number of carbonyl (C=O) groups is 2. The quantitative estimate of drug-likeness (QED) is 0.716. The predicted molar refractivity (Wildman–Crippen MR) is 120 cm³/mol. The molecule has 1 atom stereocenters. The topological polar surface area (TPSA) is 69.6 Å². The molecular weight excluding hydrogens is 409 g/mol. The Kier molecular flexibility index (Phi) is 6.67. The van der Waals surface area contributed by atoms with Gasteiger partial charge in [0, 0.05) is 51.9 Å². The summed E-state index contributed by atoms with van der Waals surface area (Å²) in [6.07, 6.45) is 3.33. The number of rotatable bonds is 5. The second-order valence-electron chi connectivity index (χ2n) is 8.69. The fourth-order valence-electron chi connectivity index (χ4n) is 4.51. The van der Waals surface area contributed by atoms with Crippen LogP contribution in [0.2, 0.25) is 0 Å². The third-order valence-corrected chi connectivity index (χ3v) is 6.35. The number of aryl methyl sites for hydroxylation is 2. The molecule has 0 N–H and O–H groups in total. The zero-order valence-corrected chi connectivity index (χ0v) is 18.8. The molecule has 0 spiro atoms. The van der Waals surface area contributed by atoms with Crippen molar-refractivity contribution in [1.29, 1.82) is 0 Å². The van der Waals surface area contributed by atoms with Crippen molar-refractivity contribution >= 4 is 17.6 Å². The lowest BCUT2D eigenvalue weighted by molar-refractivity contribution is -0.143. The summed E-state index contributed by atoms with van der Waals surface area (Å²) in [5.41, 5.74) is 2.64. The first-order chi connectivity index (χ1) is 15.4. The Bertz CT molecular complexity index is 990. The highest BCUT2D eigenvalue weighted by Gasteiger charge is 2.34. The fraction of sp³-hybridized carbons (Fsp3) is 0.500. The SMILES string of the molecule is Cc1cnc(C)c(N2CCN(C(=O)[C@H]3CCC(=O)N(CCc4cccc(F)c4)C3)CC2)n1. The van der Waals surface area contributed by atoms with E-state index in [9.17, 15) is 14.0 Å². The van der Waals surface area contributed by atoms with Crippen molar-refractivity contribution in [3.63, 3.8) is 0 Å². The first-order valence-corrected chi connectivity index (χ1v) is 11.3. The molecule has 0 saturated carbocycles. The van der Waals surface area contributed by atoms with Crippen LogP contribution in [0.25, 0.3) is 0 Å². The van der Waals surface area contributed by atoms with Gasteiger partial charge in [-0.3, -0.25) is 14.6 Å². The largest absolute Gasteiger partial charge is 0.352 e. The van der Waals surface area contributed by atoms with Crippen LogP contribution in [0, 0.1) is 25.6 Å². The average molecular weight is 440 g/mol. The molecule has 2 aliphatic rings. The maximum absolute atomic E-state index is 13.4. The molecule has 2 aromatic rings. The minimum Gasteiger partial charge on any atom is -0.352 e. The number of hydrogen-bond acceptors (Lipinski definition) is 5. The Hall–Kier alpha value is -3.03. The Morgan fingerprint density at radius 3 is 2.72 bits per heavy atom. The van der Waals surface area contributed by atoms with E-state index in [0.717, 1.165) is 35.9 Å². The smallest absolute Gasteiger partial charge is 0.227 e. The van der Waals surface area contributed by atoms with E-state index in [0.29, 0.717) is 45.4 Å². The van der Waals surface area contributed by atoms with E-state index in [1.54, 1.807) is 17.2 Å². The average Bonchev–Trinajstić information content (AvgIpc) is 2.80. The lowest BCUT2D eigenvalue weighted by atomic mass is 9.95. The summed E-state index contributed by atoms with van der Waals surface area (Å²) in [6.45, 7) is 7.56. The van der Waals surface area contributed by atoms with Crippen molar-refractivity contribution in [2.45, 2.75) is 33.1 Å². The van der Waals surface area contributed by atoms with Crippen LogP contribution >= 0.6 is 0 Å². The maximum Gasteiger partial charge on any atom is 0.227 e. The van der Waals surface area contributed by atoms with Crippen LogP contribution in [-0.2, 0) is 16.0 Å². The van der Waals surface area contributed by atoms with Gasteiger partial charge in [0.25, 0.3) is 0 Å². The molecule has 2 aliphatic heterocycles. The van der Waals surface area contributed by atoms with Gasteiger partial charge in [0.15, 0.2) is 0 Å². The van der Waals surface area contributed by atoms with Crippen LogP contribution in [0.4, 0.5) is 10.2 Å². The number of halogens is 1. The molecule has 1 aromatic heterocycles. The summed E-state index contributed by atoms with van der Waals surface area (Å²) in [5, 5.41) is 0. The number of amides is 2. The number of benzene rings is 1. The third-order valence-electron chi connectivity index (χ3n) is 6.35. The maximum atomic E-state index is 13.4. The van der Waals surface area contributed by atoms with Gasteiger partial charge >= 0.3 is 0 Å². The van der Waals surface area contributed by atoms with Crippen LogP contribution in [0.5, 0.6) is 0 Å². The Labute approximate surface area is 188 Å². The highest BCUT2D eigenvalue weighted by Crippen LogP contribution is 2.23. The van der Waals surface area contributed by atoms with Gasteiger partial charge in [0.2, 0.25) is 11.8 Å². The number of aromatic nitrogens is 2. The van der Waals surface area contributed by atoms with E-state index in [-0.39, 0.29) is 23.5 Å². The van der Waals surface area contributed by atoms with Gasteiger partial charge in [-0.1, -0.05) is 12.1 Å². The third kappa shape index (κ3) is 5.06. The number of anilines is 1. The van der Waals surface area contributed by atoms with Crippen molar-refractivity contribution in [1.82, 2.24) is 19.8 Å². The van der Waals surface area contributed by atoms with E-state index in [1.807, 2.05) is 24.8 Å². The number of piperazine rings is 1. The first-order valence-electron chi connectivity index (χ1n) is 11.3. The van der Waals surface area contributed by atoms with Crippen LogP contribution in [0.3, 0.4) is 0 Å². The van der Waals surface area contributed by atoms with E-state index in [4.69, 9.17) is 0 Å². The Morgan fingerprint density at radius 2 is 1.97 bits per heavy atom. The number of hydrogen-bond donors (Lipinski definition) is 0. The van der Waals surface area contributed by atoms with Gasteiger partial charge in [-0.05, 0) is 44.4 Å². The summed E-state index contributed by atoms with van der Waals surface area (Å²) in [6, 6.07) is 6.45. The standard InChI is InChI=1S/C24H30FN5O2/c1-17-15-26-18(2)23(27-17)28-10-12-29(13-11-28)24(32)20-6-7-22(31)30(16-20)9-8-19-4-3-5-21(25)14-19/h3-5,14-15,20H,6-13,16H2,1-2H3/t20-/m0/s1. The molecule has 7 nitrogen and oxygen atoms in total. The van der Waals surface area contributed by atoms with Crippen molar-refractivity contribution in [3.8, 4) is 0 Å². The number of carbonyl (C=O) groups excluding carboxylic acids is 2. The van der Waals surface area contributed by atoms with E-state index in [2.05, 4.69) is 14.9 Å². The summed E-state index contributed by atoms with van der Waals surface area (Å²) < 4.78 is 13.4. The second kappa shape index (κ2) is 9.63. The van der Waals surface area contributed by atoms with Crippen LogP contribution in [0.1, 0.15) is 29.8 Å². The molecule has 2 amide bonds. The molecule has 4 rings (SSSR count). The monoisotopic (exact) mass is 439 g/mol. The van der Waals surface area contributed by atoms with Gasteiger partial charge < -0.3 is 14.7 Å². The van der Waals surface area contributed by atoms with Crippen molar-refractivity contribution in [3.05, 3.63) is 53.2 Å². The zero-order chi connectivity index (χ0) is 22.7. The number of likely N-dealkylation sites (tertiary alicyclic amines) is 1. The lowest BCUT2D eigenvalue weighted by Gasteiger charge is -2.39. The number of piperidine rings is 1. The van der Waals surface area contributed by atoms with E-state index < -0.39 is 0 Å². The molecular formula is C24H30FN5O2. The minimum atomic E-state index is -0.272. The zero-order valence-electron chi connectivity index (χ0n) is 18.8. The molecule has 170 valence electrons. The van der Waals surface area contributed by atoms with Gasteiger partial charge in [-0.25, -0.2) is 9.37 Å². The molecule has 0 radical (unpaired) electrons. The molecule has 2 fully saturated rings. The molecule has 3 heterocycles. The van der Waals surface area contributed by atoms with Gasteiger partial charge in [-0.15, -0.1) is 0 Å². The molecule has 0 unspecified atom stereocenters. The highest BCUT2D eigenvalue weighted by atomic mass is 19.1. The summed E-state index contributed by atoms with van der Waals surface area (Å²) in [5.74, 6) is 0.645. The Morgan fingerprint density at radius 1 is 1.19 bits per heavy atom. The molecule has 0 bridgehead atoms. The van der Waals surface area contributed by atoms with Gasteiger partial charge in [0.05, 0.1) is 17.3 Å². The van der Waals surface area contributed by atoms with Crippen molar-refractivity contribution in [2.75, 3.05) is 44.2 Å². The van der Waals surface area contributed by atoms with E-state index in [1.165, 1.54) is 12.1 Å². The molecule has 32 heavy (non-hydrogen) atoms. The minimum absolute atomic E-state index is 0.0729. The second-order valence-corrected chi connectivity index (χ2v) is 8.69. The van der Waals surface area contributed by atoms with Gasteiger partial charge in [-0.2, -0.15) is 0 Å². The Balaban J connectivity index is 1.32. The molecule has 2 saturated heterocycles. The number of nitrogens with zero attached hydrogens (tertiary/aromatic N) is 5. The van der Waals surface area contributed by atoms with Crippen LogP contribution in [0.15, 0.2) is 30.5 Å². The fourth-order valence-corrected chi connectivity index (χ4v) is 4.51. The van der Waals surface area contributed by atoms with Gasteiger partial charge in [0.1, 0.15) is 11.6 Å². The molecule has 1 aromatic carbocycles. The summed E-state index contributed by atoms with van der Waals surface area (Å²) in [4.78, 5) is 40.5. The normalized spacial score (nSPS) is 19.4. The highest BCUT2D eigenvalue weighted by molar-refractivity contribution is 5.84. The molecule has 0 aliphatic carbocycles. The predicted octanol–water partition coefficient (Wildman–Crippen LogP) is 2.36. The van der Waals surface area contributed by atoms with Crippen molar-refractivity contribution in [2.24, 2.45) is 5.92 Å². The first kappa shape index (κ1) is 22.2. The summed E-state index contributed by atoms with van der Waals surface area (Å²) >= 11 is 0. The van der Waals surface area contributed by atoms with Crippen molar-refractivity contribution < 1.29 is 14.0 Å².